The van der Waals surface area contributed by atoms with Crippen molar-refractivity contribution < 1.29 is 14.3 Å². The summed E-state index contributed by atoms with van der Waals surface area (Å²) in [6, 6.07) is 10.3. The SMILES string of the molecule is CCOC(=O)N1CCC(NC(=O)CCn2nc(-c3ccc(Cl)cc3)ccc2=O)CC1. The molecule has 1 aliphatic heterocycles. The average Bonchev–Trinajstić information content (AvgIpc) is 2.74. The Labute approximate surface area is 179 Å². The molecule has 1 aromatic heterocycles. The minimum Gasteiger partial charge on any atom is -0.450 e. The van der Waals surface area contributed by atoms with Crippen molar-refractivity contribution in [2.75, 3.05) is 19.7 Å². The summed E-state index contributed by atoms with van der Waals surface area (Å²) in [6.45, 7) is 3.41. The van der Waals surface area contributed by atoms with Gasteiger partial charge in [0.2, 0.25) is 5.91 Å². The summed E-state index contributed by atoms with van der Waals surface area (Å²) in [5, 5.41) is 7.96. The number of carbonyl (C=O) groups excluding carboxylic acids is 2. The van der Waals surface area contributed by atoms with Crippen LogP contribution in [0, 0.1) is 0 Å². The van der Waals surface area contributed by atoms with Gasteiger partial charge in [0.15, 0.2) is 0 Å². The molecule has 2 amide bonds. The zero-order chi connectivity index (χ0) is 21.5. The van der Waals surface area contributed by atoms with Crippen molar-refractivity contribution in [3.05, 3.63) is 51.8 Å². The Morgan fingerprint density at radius 2 is 1.87 bits per heavy atom. The molecule has 0 saturated carbocycles. The molecule has 3 rings (SSSR count). The molecule has 1 saturated heterocycles. The van der Waals surface area contributed by atoms with Crippen molar-refractivity contribution in [3.63, 3.8) is 0 Å². The molecule has 0 atom stereocenters. The first-order valence-electron chi connectivity index (χ1n) is 10.0. The normalized spacial score (nSPS) is 14.4. The number of halogens is 1. The molecule has 1 aromatic carbocycles. The lowest BCUT2D eigenvalue weighted by Crippen LogP contribution is -2.46. The van der Waals surface area contributed by atoms with Crippen molar-refractivity contribution in [2.45, 2.75) is 38.8 Å². The highest BCUT2D eigenvalue weighted by molar-refractivity contribution is 6.30. The molecule has 2 heterocycles. The van der Waals surface area contributed by atoms with Crippen LogP contribution in [0.2, 0.25) is 5.02 Å². The van der Waals surface area contributed by atoms with Crippen LogP contribution in [-0.2, 0) is 16.1 Å². The predicted octanol–water partition coefficient (Wildman–Crippen LogP) is 2.69. The van der Waals surface area contributed by atoms with Crippen molar-refractivity contribution in [1.82, 2.24) is 20.0 Å². The number of likely N-dealkylation sites (tertiary alicyclic amines) is 1. The first kappa shape index (κ1) is 21.8. The maximum absolute atomic E-state index is 12.3. The molecule has 0 bridgehead atoms. The topological polar surface area (TPSA) is 93.5 Å². The second kappa shape index (κ2) is 10.2. The minimum absolute atomic E-state index is 0.00765. The molecule has 30 heavy (non-hydrogen) atoms. The molecule has 9 heteroatoms. The van der Waals surface area contributed by atoms with Crippen LogP contribution in [0.5, 0.6) is 0 Å². The van der Waals surface area contributed by atoms with E-state index in [1.807, 2.05) is 12.1 Å². The van der Waals surface area contributed by atoms with Gasteiger partial charge < -0.3 is 15.0 Å². The van der Waals surface area contributed by atoms with Crippen molar-refractivity contribution in [1.29, 1.82) is 0 Å². The van der Waals surface area contributed by atoms with E-state index >= 15 is 0 Å². The van der Waals surface area contributed by atoms with E-state index in [1.54, 1.807) is 30.0 Å². The molecule has 0 radical (unpaired) electrons. The summed E-state index contributed by atoms with van der Waals surface area (Å²) < 4.78 is 6.30. The fourth-order valence-corrected chi connectivity index (χ4v) is 3.44. The van der Waals surface area contributed by atoms with Gasteiger partial charge in [0.1, 0.15) is 0 Å². The molecular formula is C21H25ClN4O4. The molecule has 0 spiro atoms. The number of rotatable bonds is 6. The van der Waals surface area contributed by atoms with Crippen LogP contribution >= 0.6 is 11.6 Å². The maximum atomic E-state index is 12.3. The fourth-order valence-electron chi connectivity index (χ4n) is 3.31. The third kappa shape index (κ3) is 5.82. The largest absolute Gasteiger partial charge is 0.450 e. The average molecular weight is 433 g/mol. The number of hydrogen-bond acceptors (Lipinski definition) is 5. The van der Waals surface area contributed by atoms with Crippen LogP contribution in [0.3, 0.4) is 0 Å². The summed E-state index contributed by atoms with van der Waals surface area (Å²) >= 11 is 5.91. The smallest absolute Gasteiger partial charge is 0.409 e. The van der Waals surface area contributed by atoms with E-state index in [-0.39, 0.29) is 36.6 Å². The number of carbonyl (C=O) groups is 2. The fraction of sp³-hybridized carbons (Fsp3) is 0.429. The second-order valence-corrected chi connectivity index (χ2v) is 7.50. The second-order valence-electron chi connectivity index (χ2n) is 7.06. The Bertz CT molecular complexity index is 937. The molecule has 1 N–H and O–H groups in total. The molecule has 1 fully saturated rings. The van der Waals surface area contributed by atoms with Gasteiger partial charge >= 0.3 is 6.09 Å². The van der Waals surface area contributed by atoms with Crippen molar-refractivity contribution in [2.24, 2.45) is 0 Å². The first-order valence-corrected chi connectivity index (χ1v) is 10.4. The quantitative estimate of drug-likeness (QED) is 0.757. The van der Waals surface area contributed by atoms with Gasteiger partial charge in [0, 0.05) is 42.2 Å². The van der Waals surface area contributed by atoms with Gasteiger partial charge in [-0.15, -0.1) is 0 Å². The first-order chi connectivity index (χ1) is 14.5. The van der Waals surface area contributed by atoms with Gasteiger partial charge in [-0.25, -0.2) is 9.48 Å². The molecule has 1 aliphatic rings. The van der Waals surface area contributed by atoms with E-state index in [2.05, 4.69) is 10.4 Å². The maximum Gasteiger partial charge on any atom is 0.409 e. The third-order valence-corrected chi connectivity index (χ3v) is 5.20. The van der Waals surface area contributed by atoms with Crippen LogP contribution in [0.4, 0.5) is 4.79 Å². The highest BCUT2D eigenvalue weighted by atomic mass is 35.5. The molecule has 2 aromatic rings. The lowest BCUT2D eigenvalue weighted by atomic mass is 10.1. The Morgan fingerprint density at radius 3 is 2.53 bits per heavy atom. The molecule has 8 nitrogen and oxygen atoms in total. The number of benzene rings is 1. The van der Waals surface area contributed by atoms with E-state index < -0.39 is 0 Å². The van der Waals surface area contributed by atoms with Gasteiger partial charge in [-0.1, -0.05) is 23.7 Å². The molecule has 160 valence electrons. The number of nitrogens with zero attached hydrogens (tertiary/aromatic N) is 3. The van der Waals surface area contributed by atoms with Crippen molar-refractivity contribution >= 4 is 23.6 Å². The Kier molecular flexibility index (Phi) is 7.46. The van der Waals surface area contributed by atoms with Crippen LogP contribution in [0.25, 0.3) is 11.3 Å². The number of ether oxygens (including phenoxy) is 1. The van der Waals surface area contributed by atoms with E-state index in [1.165, 1.54) is 10.7 Å². The van der Waals surface area contributed by atoms with E-state index in [9.17, 15) is 14.4 Å². The summed E-state index contributed by atoms with van der Waals surface area (Å²) in [5.74, 6) is -0.143. The van der Waals surface area contributed by atoms with Gasteiger partial charge in [-0.05, 0) is 38.0 Å². The number of aryl methyl sites for hydroxylation is 1. The number of hydrogen-bond donors (Lipinski definition) is 1. The van der Waals surface area contributed by atoms with Gasteiger partial charge in [-0.3, -0.25) is 9.59 Å². The monoisotopic (exact) mass is 432 g/mol. The van der Waals surface area contributed by atoms with E-state index in [4.69, 9.17) is 16.3 Å². The highest BCUT2D eigenvalue weighted by Gasteiger charge is 2.24. The summed E-state index contributed by atoms with van der Waals surface area (Å²) in [6.07, 6.45) is 1.19. The Balaban J connectivity index is 1.51. The summed E-state index contributed by atoms with van der Waals surface area (Å²) in [7, 11) is 0. The number of nitrogens with one attached hydrogen (secondary N) is 1. The highest BCUT2D eigenvalue weighted by Crippen LogP contribution is 2.18. The summed E-state index contributed by atoms with van der Waals surface area (Å²) in [4.78, 5) is 37.8. The van der Waals surface area contributed by atoms with Crippen molar-refractivity contribution in [3.8, 4) is 11.3 Å². The summed E-state index contributed by atoms with van der Waals surface area (Å²) in [5.41, 5.74) is 1.22. The number of piperidine rings is 1. The standard InChI is InChI=1S/C21H25ClN4O4/c1-2-30-21(29)25-12-9-17(10-13-25)23-19(27)11-14-26-20(28)8-7-18(24-26)15-3-5-16(22)6-4-15/h3-8,17H,2,9-14H2,1H3,(H,23,27). The van der Waals surface area contributed by atoms with Gasteiger partial charge in [-0.2, -0.15) is 5.10 Å². The predicted molar refractivity (Wildman–Crippen MR) is 113 cm³/mol. The van der Waals surface area contributed by atoms with Crippen LogP contribution < -0.4 is 10.9 Å². The molecular weight excluding hydrogens is 408 g/mol. The van der Waals surface area contributed by atoms with Crippen LogP contribution in [-0.4, -0.2) is 52.4 Å². The third-order valence-electron chi connectivity index (χ3n) is 4.94. The number of aromatic nitrogens is 2. The Morgan fingerprint density at radius 1 is 1.17 bits per heavy atom. The zero-order valence-corrected chi connectivity index (χ0v) is 17.6. The van der Waals surface area contributed by atoms with Crippen LogP contribution in [0.15, 0.2) is 41.2 Å². The van der Waals surface area contributed by atoms with Gasteiger partial charge in [0.05, 0.1) is 18.8 Å². The molecule has 0 aliphatic carbocycles. The Hall–Kier alpha value is -2.87. The van der Waals surface area contributed by atoms with E-state index in [0.29, 0.717) is 43.3 Å². The van der Waals surface area contributed by atoms with E-state index in [0.717, 1.165) is 5.56 Å². The number of amides is 2. The lowest BCUT2D eigenvalue weighted by Gasteiger charge is -2.31. The van der Waals surface area contributed by atoms with Crippen LogP contribution in [0.1, 0.15) is 26.2 Å². The molecule has 0 unspecified atom stereocenters. The lowest BCUT2D eigenvalue weighted by molar-refractivity contribution is -0.122. The minimum atomic E-state index is -0.312. The van der Waals surface area contributed by atoms with Gasteiger partial charge in [0.25, 0.3) is 5.56 Å². The zero-order valence-electron chi connectivity index (χ0n) is 16.8.